The Bertz CT molecular complexity index is 714. The molecule has 1 heterocycles. The van der Waals surface area contributed by atoms with E-state index in [2.05, 4.69) is 16.9 Å². The number of ether oxygens (including phenoxy) is 3. The van der Waals surface area contributed by atoms with Crippen LogP contribution in [0.5, 0.6) is 17.2 Å². The average molecular weight is 319 g/mol. The first-order valence-corrected chi connectivity index (χ1v) is 6.65. The highest BCUT2D eigenvalue weighted by Gasteiger charge is 2.23. The molecule has 0 fully saturated rings. The summed E-state index contributed by atoms with van der Waals surface area (Å²) in [5, 5.41) is 16.9. The summed E-state index contributed by atoms with van der Waals surface area (Å²) in [5.74, 6) is 0.0523. The van der Waals surface area contributed by atoms with Gasteiger partial charge in [-0.2, -0.15) is 0 Å². The van der Waals surface area contributed by atoms with Gasteiger partial charge in [-0.05, 0) is 12.1 Å². The minimum Gasteiger partial charge on any atom is -0.493 e. The number of nitrogens with zero attached hydrogens (tertiary/aromatic N) is 3. The van der Waals surface area contributed by atoms with Gasteiger partial charge in [-0.3, -0.25) is 0 Å². The van der Waals surface area contributed by atoms with Crippen LogP contribution < -0.4 is 14.2 Å². The fourth-order valence-electron chi connectivity index (χ4n) is 2.21. The average Bonchev–Trinajstić information content (AvgIpc) is 2.97. The number of aromatic carboxylic acids is 1. The molecular formula is C15H17N3O5. The Morgan fingerprint density at radius 2 is 1.87 bits per heavy atom. The SMILES string of the molecule is C=CCn1nnc(C(=O)O)c1-c1cc(OC)c(OC)c(OC)c1. The van der Waals surface area contributed by atoms with E-state index in [1.54, 1.807) is 18.2 Å². The van der Waals surface area contributed by atoms with Crippen molar-refractivity contribution in [2.75, 3.05) is 21.3 Å². The van der Waals surface area contributed by atoms with E-state index in [9.17, 15) is 9.90 Å². The maximum atomic E-state index is 11.4. The Hall–Kier alpha value is -3.03. The molecule has 2 aromatic rings. The third-order valence-corrected chi connectivity index (χ3v) is 3.18. The summed E-state index contributed by atoms with van der Waals surface area (Å²) in [5.41, 5.74) is 0.696. The van der Waals surface area contributed by atoms with E-state index in [0.29, 0.717) is 35.1 Å². The smallest absolute Gasteiger partial charge is 0.358 e. The zero-order chi connectivity index (χ0) is 17.0. The van der Waals surface area contributed by atoms with Crippen LogP contribution >= 0.6 is 0 Å². The second-order valence-electron chi connectivity index (χ2n) is 4.48. The number of aromatic nitrogens is 3. The predicted octanol–water partition coefficient (Wildman–Crippen LogP) is 1.86. The monoisotopic (exact) mass is 319 g/mol. The van der Waals surface area contributed by atoms with E-state index in [1.807, 2.05) is 0 Å². The van der Waals surface area contributed by atoms with Gasteiger partial charge in [0, 0.05) is 5.56 Å². The van der Waals surface area contributed by atoms with Gasteiger partial charge in [-0.15, -0.1) is 11.7 Å². The van der Waals surface area contributed by atoms with Crippen LogP contribution in [0.25, 0.3) is 11.3 Å². The second kappa shape index (κ2) is 6.82. The molecule has 0 aliphatic carbocycles. The quantitative estimate of drug-likeness (QED) is 0.778. The van der Waals surface area contributed by atoms with Crippen LogP contribution in [0.1, 0.15) is 10.5 Å². The summed E-state index contributed by atoms with van der Waals surface area (Å²) in [6.07, 6.45) is 1.60. The molecule has 0 saturated carbocycles. The molecule has 1 aromatic heterocycles. The molecule has 2 rings (SSSR count). The molecule has 0 atom stereocenters. The van der Waals surface area contributed by atoms with Gasteiger partial charge in [0.05, 0.1) is 27.9 Å². The molecule has 0 unspecified atom stereocenters. The van der Waals surface area contributed by atoms with Crippen LogP contribution in [-0.2, 0) is 6.54 Å². The number of carboxylic acids is 1. The summed E-state index contributed by atoms with van der Waals surface area (Å²) in [6, 6.07) is 3.29. The molecule has 0 aliphatic heterocycles. The number of methoxy groups -OCH3 is 3. The van der Waals surface area contributed by atoms with Crippen LogP contribution in [0, 0.1) is 0 Å². The van der Waals surface area contributed by atoms with Crippen LogP contribution in [-0.4, -0.2) is 47.4 Å². The first-order valence-electron chi connectivity index (χ1n) is 6.65. The minimum atomic E-state index is -1.18. The number of hydrogen-bond acceptors (Lipinski definition) is 6. The summed E-state index contributed by atoms with van der Waals surface area (Å²) < 4.78 is 17.3. The van der Waals surface area contributed by atoms with E-state index in [0.717, 1.165) is 0 Å². The lowest BCUT2D eigenvalue weighted by Gasteiger charge is -2.14. The predicted molar refractivity (Wildman–Crippen MR) is 82.3 cm³/mol. The lowest BCUT2D eigenvalue weighted by molar-refractivity contribution is 0.0691. The Balaban J connectivity index is 2.73. The van der Waals surface area contributed by atoms with E-state index in [1.165, 1.54) is 26.0 Å². The normalized spacial score (nSPS) is 10.2. The molecule has 0 aliphatic rings. The van der Waals surface area contributed by atoms with E-state index >= 15 is 0 Å². The van der Waals surface area contributed by atoms with Crippen molar-refractivity contribution in [3.05, 3.63) is 30.5 Å². The summed E-state index contributed by atoms with van der Waals surface area (Å²) in [7, 11) is 4.46. The van der Waals surface area contributed by atoms with Gasteiger partial charge in [0.15, 0.2) is 17.2 Å². The maximum Gasteiger partial charge on any atom is 0.358 e. The van der Waals surface area contributed by atoms with Crippen molar-refractivity contribution >= 4 is 5.97 Å². The van der Waals surface area contributed by atoms with Crippen LogP contribution in [0.4, 0.5) is 0 Å². The molecule has 8 heteroatoms. The highest BCUT2D eigenvalue weighted by molar-refractivity contribution is 5.93. The second-order valence-corrected chi connectivity index (χ2v) is 4.48. The van der Waals surface area contributed by atoms with Gasteiger partial charge in [0.1, 0.15) is 5.69 Å². The number of benzene rings is 1. The Kier molecular flexibility index (Phi) is 4.85. The molecular weight excluding hydrogens is 302 g/mol. The molecule has 23 heavy (non-hydrogen) atoms. The molecule has 122 valence electrons. The van der Waals surface area contributed by atoms with Crippen LogP contribution in [0.15, 0.2) is 24.8 Å². The standard InChI is InChI=1S/C15H17N3O5/c1-5-6-18-13(12(15(19)20)16-17-18)9-7-10(21-2)14(23-4)11(8-9)22-3/h5,7-8H,1,6H2,2-4H3,(H,19,20). The van der Waals surface area contributed by atoms with Crippen molar-refractivity contribution in [2.45, 2.75) is 6.54 Å². The largest absolute Gasteiger partial charge is 0.493 e. The van der Waals surface area contributed by atoms with Gasteiger partial charge >= 0.3 is 5.97 Å². The van der Waals surface area contributed by atoms with Gasteiger partial charge in [-0.25, -0.2) is 9.48 Å². The molecule has 8 nitrogen and oxygen atoms in total. The molecule has 0 saturated heterocycles. The van der Waals surface area contributed by atoms with E-state index in [4.69, 9.17) is 14.2 Å². The Morgan fingerprint density at radius 1 is 1.26 bits per heavy atom. The molecule has 1 N–H and O–H groups in total. The van der Waals surface area contributed by atoms with E-state index in [-0.39, 0.29) is 5.69 Å². The van der Waals surface area contributed by atoms with Crippen LogP contribution in [0.3, 0.4) is 0 Å². The summed E-state index contributed by atoms with van der Waals surface area (Å²) >= 11 is 0. The minimum absolute atomic E-state index is 0.166. The molecule has 0 amide bonds. The summed E-state index contributed by atoms with van der Waals surface area (Å²) in [4.78, 5) is 11.4. The van der Waals surface area contributed by atoms with Gasteiger partial charge in [-0.1, -0.05) is 11.3 Å². The number of hydrogen-bond donors (Lipinski definition) is 1. The molecule has 0 spiro atoms. The third kappa shape index (κ3) is 2.96. The number of carboxylic acid groups (broad SMARTS) is 1. The highest BCUT2D eigenvalue weighted by atomic mass is 16.5. The number of carbonyl (C=O) groups is 1. The topological polar surface area (TPSA) is 95.7 Å². The Morgan fingerprint density at radius 3 is 2.30 bits per heavy atom. The first kappa shape index (κ1) is 16.3. The van der Waals surface area contributed by atoms with Crippen molar-refractivity contribution in [2.24, 2.45) is 0 Å². The number of allylic oxidation sites excluding steroid dienone is 1. The lowest BCUT2D eigenvalue weighted by atomic mass is 10.1. The van der Waals surface area contributed by atoms with Gasteiger partial charge in [0.2, 0.25) is 5.75 Å². The molecule has 1 aromatic carbocycles. The molecule has 0 bridgehead atoms. The van der Waals surface area contributed by atoms with E-state index < -0.39 is 5.97 Å². The van der Waals surface area contributed by atoms with Crippen molar-refractivity contribution in [3.63, 3.8) is 0 Å². The van der Waals surface area contributed by atoms with Crippen molar-refractivity contribution in [1.82, 2.24) is 15.0 Å². The fourth-order valence-corrected chi connectivity index (χ4v) is 2.21. The first-order chi connectivity index (χ1) is 11.1. The zero-order valence-corrected chi connectivity index (χ0v) is 13.1. The number of rotatable bonds is 7. The molecule has 0 radical (unpaired) electrons. The van der Waals surface area contributed by atoms with Crippen molar-refractivity contribution in [1.29, 1.82) is 0 Å². The Labute approximate surface area is 132 Å². The van der Waals surface area contributed by atoms with Gasteiger partial charge in [0.25, 0.3) is 0 Å². The van der Waals surface area contributed by atoms with Crippen LogP contribution in [0.2, 0.25) is 0 Å². The summed E-state index contributed by atoms with van der Waals surface area (Å²) in [6.45, 7) is 3.95. The fraction of sp³-hybridized carbons (Fsp3) is 0.267. The van der Waals surface area contributed by atoms with Gasteiger partial charge < -0.3 is 19.3 Å². The highest BCUT2D eigenvalue weighted by Crippen LogP contribution is 2.41. The lowest BCUT2D eigenvalue weighted by Crippen LogP contribution is -2.05. The maximum absolute atomic E-state index is 11.4. The van der Waals surface area contributed by atoms with Crippen molar-refractivity contribution in [3.8, 4) is 28.5 Å². The zero-order valence-electron chi connectivity index (χ0n) is 13.1. The van der Waals surface area contributed by atoms with Crippen molar-refractivity contribution < 1.29 is 24.1 Å². The third-order valence-electron chi connectivity index (χ3n) is 3.18.